The summed E-state index contributed by atoms with van der Waals surface area (Å²) in [5.41, 5.74) is 4.28. The van der Waals surface area contributed by atoms with Crippen LogP contribution in [0, 0.1) is 6.92 Å². The number of fused-ring (bicyclic) bond motifs is 1. The first-order valence-corrected chi connectivity index (χ1v) is 11.4. The summed E-state index contributed by atoms with van der Waals surface area (Å²) >= 11 is 12.6. The molecule has 0 unspecified atom stereocenters. The monoisotopic (exact) mass is 466 g/mol. The third-order valence-corrected chi connectivity index (χ3v) is 6.10. The summed E-state index contributed by atoms with van der Waals surface area (Å²) in [4.78, 5) is 22.4. The normalized spacial score (nSPS) is 11.1. The molecule has 32 heavy (non-hydrogen) atoms. The molecule has 0 aliphatic rings. The Hall–Kier alpha value is -2.89. The summed E-state index contributed by atoms with van der Waals surface area (Å²) in [5.74, 6) is 0.685. The van der Waals surface area contributed by atoms with Crippen LogP contribution in [0.4, 0.5) is 5.69 Å². The highest BCUT2D eigenvalue weighted by molar-refractivity contribution is 6.34. The Morgan fingerprint density at radius 3 is 2.47 bits per heavy atom. The van der Waals surface area contributed by atoms with Gasteiger partial charge in [0.1, 0.15) is 11.3 Å². The van der Waals surface area contributed by atoms with E-state index < -0.39 is 0 Å². The van der Waals surface area contributed by atoms with Gasteiger partial charge in [-0.3, -0.25) is 4.79 Å². The Morgan fingerprint density at radius 2 is 1.75 bits per heavy atom. The minimum Gasteiger partial charge on any atom is -0.320 e. The number of amides is 1. The second kappa shape index (κ2) is 9.72. The average molecular weight is 467 g/mol. The zero-order chi connectivity index (χ0) is 22.7. The molecule has 5 nitrogen and oxygen atoms in total. The first kappa shape index (κ1) is 22.3. The van der Waals surface area contributed by atoms with Crippen LogP contribution >= 0.6 is 23.2 Å². The maximum Gasteiger partial charge on any atom is 0.257 e. The second-order valence-corrected chi connectivity index (χ2v) is 8.52. The van der Waals surface area contributed by atoms with Crippen LogP contribution in [0.3, 0.4) is 0 Å². The van der Waals surface area contributed by atoms with Crippen molar-refractivity contribution in [3.05, 3.63) is 87.3 Å². The Kier molecular flexibility index (Phi) is 6.77. The van der Waals surface area contributed by atoms with E-state index in [0.29, 0.717) is 28.5 Å². The van der Waals surface area contributed by atoms with Gasteiger partial charge in [-0.2, -0.15) is 0 Å². The molecule has 2 aromatic heterocycles. The Bertz CT molecular complexity index is 1280. The largest absolute Gasteiger partial charge is 0.320 e. The van der Waals surface area contributed by atoms with E-state index in [1.807, 2.05) is 37.3 Å². The lowest BCUT2D eigenvalue weighted by molar-refractivity contribution is 0.102. The SMILES string of the molecule is CCCCc1nc2cc(NC(=O)c3ccccc3Cl)c(C)nc2n1Cc1ccccc1Cl. The third kappa shape index (κ3) is 4.64. The van der Waals surface area contributed by atoms with Gasteiger partial charge in [-0.1, -0.05) is 66.9 Å². The number of unbranched alkanes of at least 4 members (excludes halogenated alkanes) is 1. The molecule has 7 heteroatoms. The average Bonchev–Trinajstić information content (AvgIpc) is 3.10. The summed E-state index contributed by atoms with van der Waals surface area (Å²) in [6.45, 7) is 4.62. The Balaban J connectivity index is 1.73. The van der Waals surface area contributed by atoms with Crippen molar-refractivity contribution in [1.29, 1.82) is 0 Å². The van der Waals surface area contributed by atoms with Crippen molar-refractivity contribution in [2.75, 3.05) is 5.32 Å². The standard InChI is InChI=1S/C25H24Cl2N4O/c1-3-4-13-23-29-22-14-21(30-25(32)18-10-6-8-12-20(18)27)16(2)28-24(22)31(23)15-17-9-5-7-11-19(17)26/h5-12,14H,3-4,13,15H2,1-2H3,(H,30,32). The van der Waals surface area contributed by atoms with Gasteiger partial charge in [0.2, 0.25) is 0 Å². The number of hydrogen-bond acceptors (Lipinski definition) is 3. The lowest BCUT2D eigenvalue weighted by Gasteiger charge is -2.12. The van der Waals surface area contributed by atoms with Crippen LogP contribution < -0.4 is 5.32 Å². The molecule has 0 spiro atoms. The number of nitrogens with one attached hydrogen (secondary N) is 1. The Morgan fingerprint density at radius 1 is 1.03 bits per heavy atom. The first-order valence-electron chi connectivity index (χ1n) is 10.6. The molecule has 0 fully saturated rings. The van der Waals surface area contributed by atoms with E-state index in [0.717, 1.165) is 46.8 Å². The van der Waals surface area contributed by atoms with Crippen molar-refractivity contribution in [1.82, 2.24) is 14.5 Å². The molecule has 0 aliphatic heterocycles. The molecule has 2 aromatic carbocycles. The topological polar surface area (TPSA) is 59.8 Å². The van der Waals surface area contributed by atoms with E-state index >= 15 is 0 Å². The van der Waals surface area contributed by atoms with Gasteiger partial charge in [0.15, 0.2) is 5.65 Å². The van der Waals surface area contributed by atoms with Gasteiger partial charge in [0.05, 0.1) is 28.5 Å². The van der Waals surface area contributed by atoms with E-state index in [9.17, 15) is 4.79 Å². The van der Waals surface area contributed by atoms with Gasteiger partial charge in [0.25, 0.3) is 5.91 Å². The van der Waals surface area contributed by atoms with Crippen molar-refractivity contribution in [2.24, 2.45) is 0 Å². The van der Waals surface area contributed by atoms with Crippen LogP contribution in [-0.2, 0) is 13.0 Å². The number of carbonyl (C=O) groups excluding carboxylic acids is 1. The van der Waals surface area contributed by atoms with Gasteiger partial charge in [-0.25, -0.2) is 9.97 Å². The minimum absolute atomic E-state index is 0.276. The molecule has 0 aliphatic carbocycles. The molecule has 0 radical (unpaired) electrons. The smallest absolute Gasteiger partial charge is 0.257 e. The van der Waals surface area contributed by atoms with Gasteiger partial charge < -0.3 is 9.88 Å². The highest BCUT2D eigenvalue weighted by Crippen LogP contribution is 2.26. The maximum absolute atomic E-state index is 12.8. The number of aryl methyl sites for hydroxylation is 2. The van der Waals surface area contributed by atoms with Crippen LogP contribution in [0.2, 0.25) is 10.0 Å². The molecule has 1 amide bonds. The van der Waals surface area contributed by atoms with Crippen LogP contribution in [0.5, 0.6) is 0 Å². The predicted molar refractivity (Wildman–Crippen MR) is 131 cm³/mol. The van der Waals surface area contributed by atoms with Gasteiger partial charge in [-0.05, 0) is 43.2 Å². The van der Waals surface area contributed by atoms with Gasteiger partial charge >= 0.3 is 0 Å². The van der Waals surface area contributed by atoms with Crippen LogP contribution in [-0.4, -0.2) is 20.4 Å². The van der Waals surface area contributed by atoms with Crippen molar-refractivity contribution in [3.8, 4) is 0 Å². The summed E-state index contributed by atoms with van der Waals surface area (Å²) in [6, 6.07) is 16.7. The number of halogens is 2. The number of anilines is 1. The van der Waals surface area contributed by atoms with Crippen LogP contribution in [0.25, 0.3) is 11.2 Å². The van der Waals surface area contributed by atoms with Gasteiger partial charge in [-0.15, -0.1) is 0 Å². The molecule has 0 saturated heterocycles. The molecule has 164 valence electrons. The predicted octanol–water partition coefficient (Wildman–Crippen LogP) is 6.69. The number of pyridine rings is 1. The number of nitrogens with zero attached hydrogens (tertiary/aromatic N) is 3. The number of rotatable bonds is 7. The highest BCUT2D eigenvalue weighted by Gasteiger charge is 2.17. The zero-order valence-corrected chi connectivity index (χ0v) is 19.5. The minimum atomic E-state index is -0.276. The van der Waals surface area contributed by atoms with E-state index in [2.05, 4.69) is 16.8 Å². The third-order valence-electron chi connectivity index (χ3n) is 5.40. The van der Waals surface area contributed by atoms with Crippen molar-refractivity contribution in [3.63, 3.8) is 0 Å². The summed E-state index contributed by atoms with van der Waals surface area (Å²) < 4.78 is 2.12. The fourth-order valence-corrected chi connectivity index (χ4v) is 4.05. The van der Waals surface area contributed by atoms with Crippen molar-refractivity contribution < 1.29 is 4.79 Å². The second-order valence-electron chi connectivity index (χ2n) is 7.71. The number of imidazole rings is 1. The van der Waals surface area contributed by atoms with E-state index in [1.165, 1.54) is 0 Å². The van der Waals surface area contributed by atoms with E-state index in [4.69, 9.17) is 33.2 Å². The summed E-state index contributed by atoms with van der Waals surface area (Å²) in [6.07, 6.45) is 2.94. The molecule has 0 atom stereocenters. The molecular weight excluding hydrogens is 443 g/mol. The summed E-state index contributed by atoms with van der Waals surface area (Å²) in [5, 5.41) is 4.06. The van der Waals surface area contributed by atoms with Crippen LogP contribution in [0.15, 0.2) is 54.6 Å². The Labute approximate surface area is 197 Å². The molecule has 4 aromatic rings. The lowest BCUT2D eigenvalue weighted by Crippen LogP contribution is -2.14. The highest BCUT2D eigenvalue weighted by atomic mass is 35.5. The first-order chi connectivity index (χ1) is 15.5. The van der Waals surface area contributed by atoms with E-state index in [-0.39, 0.29) is 5.91 Å². The quantitative estimate of drug-likeness (QED) is 0.329. The lowest BCUT2D eigenvalue weighted by atomic mass is 10.2. The molecular formula is C25H24Cl2N4O. The van der Waals surface area contributed by atoms with Gasteiger partial charge in [0, 0.05) is 11.4 Å². The van der Waals surface area contributed by atoms with E-state index in [1.54, 1.807) is 24.3 Å². The molecule has 2 heterocycles. The van der Waals surface area contributed by atoms with Crippen molar-refractivity contribution in [2.45, 2.75) is 39.7 Å². The van der Waals surface area contributed by atoms with Crippen molar-refractivity contribution >= 4 is 46.0 Å². The molecule has 0 saturated carbocycles. The number of benzene rings is 2. The molecule has 4 rings (SSSR count). The van der Waals surface area contributed by atoms with Crippen LogP contribution in [0.1, 0.15) is 47.2 Å². The number of carbonyl (C=O) groups is 1. The number of aromatic nitrogens is 3. The molecule has 0 bridgehead atoms. The maximum atomic E-state index is 12.8. The zero-order valence-electron chi connectivity index (χ0n) is 18.0. The fourth-order valence-electron chi connectivity index (χ4n) is 3.64. The summed E-state index contributed by atoms with van der Waals surface area (Å²) in [7, 11) is 0. The molecule has 1 N–H and O–H groups in total. The fraction of sp³-hybridized carbons (Fsp3) is 0.240. The number of hydrogen-bond donors (Lipinski definition) is 1.